The molecule has 4 amide bonds. The molecule has 0 aliphatic heterocycles. The van der Waals surface area contributed by atoms with E-state index in [2.05, 4.69) is 20.9 Å². The van der Waals surface area contributed by atoms with E-state index in [-0.39, 0.29) is 50.5 Å². The molecule has 0 fully saturated rings. The molecule has 0 rings (SSSR count). The molecule has 0 aromatic carbocycles. The van der Waals surface area contributed by atoms with Crippen molar-refractivity contribution < 1.29 is 29.1 Å². The number of nitrogens with one attached hydrogen (secondary N) is 3. The molecular formula is C23H45N9O6. The molecule has 0 saturated heterocycles. The summed E-state index contributed by atoms with van der Waals surface area (Å²) >= 11 is 0. The predicted octanol–water partition coefficient (Wildman–Crippen LogP) is -2.65. The van der Waals surface area contributed by atoms with Gasteiger partial charge in [0.05, 0.1) is 6.04 Å². The van der Waals surface area contributed by atoms with Gasteiger partial charge in [-0.3, -0.25) is 24.2 Å². The minimum absolute atomic E-state index is 0.00487. The van der Waals surface area contributed by atoms with E-state index in [4.69, 9.17) is 28.7 Å². The van der Waals surface area contributed by atoms with Gasteiger partial charge in [0, 0.05) is 13.0 Å². The van der Waals surface area contributed by atoms with E-state index in [1.54, 1.807) is 0 Å². The van der Waals surface area contributed by atoms with E-state index in [0.29, 0.717) is 25.8 Å². The van der Waals surface area contributed by atoms with Crippen LogP contribution in [-0.4, -0.2) is 77.9 Å². The molecule has 0 bridgehead atoms. The number of carboxylic acids is 1. The van der Waals surface area contributed by atoms with Crippen LogP contribution in [0.25, 0.3) is 0 Å². The van der Waals surface area contributed by atoms with E-state index in [9.17, 15) is 29.1 Å². The zero-order valence-corrected chi connectivity index (χ0v) is 22.3. The van der Waals surface area contributed by atoms with Gasteiger partial charge < -0.3 is 49.7 Å². The molecule has 218 valence electrons. The summed E-state index contributed by atoms with van der Waals surface area (Å²) in [5.41, 5.74) is 27.1. The Morgan fingerprint density at radius 2 is 1.32 bits per heavy atom. The number of rotatable bonds is 20. The molecule has 0 aliphatic rings. The third-order valence-corrected chi connectivity index (χ3v) is 5.52. The lowest BCUT2D eigenvalue weighted by Gasteiger charge is -2.25. The number of carboxylic acid groups (broad SMARTS) is 1. The summed E-state index contributed by atoms with van der Waals surface area (Å²) in [4.78, 5) is 65.2. The number of carbonyl (C=O) groups excluding carboxylic acids is 4. The maximum atomic E-state index is 13.2. The van der Waals surface area contributed by atoms with Gasteiger partial charge in [-0.2, -0.15) is 0 Å². The minimum atomic E-state index is -1.19. The van der Waals surface area contributed by atoms with Crippen LogP contribution in [0.4, 0.5) is 0 Å². The fraction of sp³-hybridized carbons (Fsp3) is 0.739. The van der Waals surface area contributed by atoms with Crippen LogP contribution in [0.5, 0.6) is 0 Å². The second-order valence-electron chi connectivity index (χ2n) is 9.50. The maximum absolute atomic E-state index is 13.2. The van der Waals surface area contributed by atoms with Crippen molar-refractivity contribution in [3.63, 3.8) is 0 Å². The molecule has 0 spiro atoms. The maximum Gasteiger partial charge on any atom is 0.326 e. The fourth-order valence-electron chi connectivity index (χ4n) is 3.48. The highest BCUT2D eigenvalue weighted by atomic mass is 16.4. The predicted molar refractivity (Wildman–Crippen MR) is 142 cm³/mol. The lowest BCUT2D eigenvalue weighted by molar-refractivity contribution is -0.143. The fourth-order valence-corrected chi connectivity index (χ4v) is 3.48. The Hall–Kier alpha value is -3.46. The van der Waals surface area contributed by atoms with Crippen LogP contribution in [0.3, 0.4) is 0 Å². The highest BCUT2D eigenvalue weighted by Crippen LogP contribution is 2.09. The number of amides is 4. The van der Waals surface area contributed by atoms with Gasteiger partial charge >= 0.3 is 5.97 Å². The molecule has 15 heteroatoms. The Morgan fingerprint density at radius 3 is 1.79 bits per heavy atom. The van der Waals surface area contributed by atoms with Gasteiger partial charge in [-0.25, -0.2) is 4.79 Å². The van der Waals surface area contributed by atoms with Crippen molar-refractivity contribution in [2.45, 2.75) is 89.4 Å². The molecule has 0 aromatic heterocycles. The second kappa shape index (κ2) is 18.7. The van der Waals surface area contributed by atoms with Crippen molar-refractivity contribution in [2.75, 3.05) is 13.1 Å². The average Bonchev–Trinajstić information content (AvgIpc) is 2.82. The van der Waals surface area contributed by atoms with Crippen molar-refractivity contribution in [1.29, 1.82) is 0 Å². The molecule has 0 heterocycles. The zero-order valence-electron chi connectivity index (χ0n) is 22.3. The molecule has 4 atom stereocenters. The minimum Gasteiger partial charge on any atom is -0.480 e. The number of nitrogens with two attached hydrogens (primary N) is 5. The number of guanidine groups is 1. The quantitative estimate of drug-likeness (QED) is 0.0436. The van der Waals surface area contributed by atoms with Crippen LogP contribution in [-0.2, 0) is 24.0 Å². The van der Waals surface area contributed by atoms with E-state index >= 15 is 0 Å². The zero-order chi connectivity index (χ0) is 29.3. The third-order valence-electron chi connectivity index (χ3n) is 5.52. The smallest absolute Gasteiger partial charge is 0.326 e. The Kier molecular flexibility index (Phi) is 17.0. The van der Waals surface area contributed by atoms with E-state index in [1.807, 2.05) is 13.8 Å². The molecule has 15 nitrogen and oxygen atoms in total. The van der Waals surface area contributed by atoms with Gasteiger partial charge in [-0.1, -0.05) is 13.8 Å². The number of aliphatic imine (C=N–C) groups is 1. The van der Waals surface area contributed by atoms with Crippen LogP contribution >= 0.6 is 0 Å². The first kappa shape index (κ1) is 34.5. The first-order valence-corrected chi connectivity index (χ1v) is 12.7. The summed E-state index contributed by atoms with van der Waals surface area (Å²) in [5.74, 6) is -3.95. The molecule has 0 radical (unpaired) electrons. The number of unbranched alkanes of at least 4 members (excludes halogenated alkanes) is 1. The number of hydrogen-bond donors (Lipinski definition) is 9. The van der Waals surface area contributed by atoms with Crippen LogP contribution in [0.1, 0.15) is 65.2 Å². The van der Waals surface area contributed by atoms with E-state index < -0.39 is 53.8 Å². The number of aliphatic carboxylic acids is 1. The molecule has 0 aliphatic carbocycles. The van der Waals surface area contributed by atoms with Gasteiger partial charge in [-0.05, 0) is 57.4 Å². The van der Waals surface area contributed by atoms with Gasteiger partial charge in [0.2, 0.25) is 23.6 Å². The highest BCUT2D eigenvalue weighted by molar-refractivity contribution is 5.94. The topological polar surface area (TPSA) is 284 Å². The Morgan fingerprint density at radius 1 is 0.789 bits per heavy atom. The van der Waals surface area contributed by atoms with Gasteiger partial charge in [0.1, 0.15) is 18.1 Å². The van der Waals surface area contributed by atoms with Crippen molar-refractivity contribution in [2.24, 2.45) is 39.6 Å². The van der Waals surface area contributed by atoms with Gasteiger partial charge in [0.25, 0.3) is 0 Å². The van der Waals surface area contributed by atoms with Crippen LogP contribution in [0, 0.1) is 5.92 Å². The number of hydrogen-bond acceptors (Lipinski definition) is 8. The first-order chi connectivity index (χ1) is 17.8. The van der Waals surface area contributed by atoms with Gasteiger partial charge in [0.15, 0.2) is 5.96 Å². The number of carbonyl (C=O) groups is 5. The molecule has 4 unspecified atom stereocenters. The third kappa shape index (κ3) is 15.6. The summed E-state index contributed by atoms with van der Waals surface area (Å²) in [6.45, 7) is 4.21. The standard InChI is InChI=1S/C23H45N9O6/c1-13(2)12-17(22(37)38)32-21(36)15(6-3-4-10-24)31-20(35)16(7-5-11-29-23(27)28)30-19(34)14(25)8-9-18(26)33/h13-17H,3-12,24-25H2,1-2H3,(H2,26,33)(H,30,34)(H,31,35)(H,32,36)(H,37,38)(H4,27,28,29). The molecular weight excluding hydrogens is 498 g/mol. The summed E-state index contributed by atoms with van der Waals surface area (Å²) < 4.78 is 0. The number of nitrogens with zero attached hydrogens (tertiary/aromatic N) is 1. The molecule has 14 N–H and O–H groups in total. The normalized spacial score (nSPS) is 14.0. The van der Waals surface area contributed by atoms with Crippen molar-refractivity contribution >= 4 is 35.6 Å². The SMILES string of the molecule is CC(C)CC(NC(=O)C(CCCCN)NC(=O)C(CCCN=C(N)N)NC(=O)C(N)CCC(N)=O)C(=O)O. The van der Waals surface area contributed by atoms with Crippen LogP contribution in [0.15, 0.2) is 4.99 Å². The van der Waals surface area contributed by atoms with E-state index in [1.165, 1.54) is 0 Å². The monoisotopic (exact) mass is 543 g/mol. The van der Waals surface area contributed by atoms with Crippen molar-refractivity contribution in [3.8, 4) is 0 Å². The lowest BCUT2D eigenvalue weighted by atomic mass is 10.0. The van der Waals surface area contributed by atoms with Crippen molar-refractivity contribution in [3.05, 3.63) is 0 Å². The van der Waals surface area contributed by atoms with Crippen LogP contribution < -0.4 is 44.6 Å². The molecule has 0 saturated carbocycles. The van der Waals surface area contributed by atoms with Crippen LogP contribution in [0.2, 0.25) is 0 Å². The largest absolute Gasteiger partial charge is 0.480 e. The van der Waals surface area contributed by atoms with E-state index in [0.717, 1.165) is 0 Å². The summed E-state index contributed by atoms with van der Waals surface area (Å²) in [6, 6.07) is -4.39. The lowest BCUT2D eigenvalue weighted by Crippen LogP contribution is -2.57. The Balaban J connectivity index is 5.64. The molecule has 38 heavy (non-hydrogen) atoms. The van der Waals surface area contributed by atoms with Gasteiger partial charge in [-0.15, -0.1) is 0 Å². The second-order valence-corrected chi connectivity index (χ2v) is 9.50. The Labute approximate surface area is 223 Å². The summed E-state index contributed by atoms with van der Waals surface area (Å²) in [7, 11) is 0. The first-order valence-electron chi connectivity index (χ1n) is 12.7. The number of primary amides is 1. The molecule has 0 aromatic rings. The Bertz CT molecular complexity index is 817. The summed E-state index contributed by atoms with van der Waals surface area (Å²) in [6.07, 6.45) is 1.79. The van der Waals surface area contributed by atoms with Crippen molar-refractivity contribution in [1.82, 2.24) is 16.0 Å². The average molecular weight is 544 g/mol. The summed E-state index contributed by atoms with van der Waals surface area (Å²) in [5, 5.41) is 17.1. The highest BCUT2D eigenvalue weighted by Gasteiger charge is 2.30.